The van der Waals surface area contributed by atoms with Gasteiger partial charge in [-0.3, -0.25) is 4.79 Å². The Morgan fingerprint density at radius 3 is 2.41 bits per heavy atom. The Hall–Kier alpha value is -1.44. The molecule has 1 aromatic carbocycles. The first-order valence-electron chi connectivity index (χ1n) is 7.08. The molecule has 1 aromatic rings. The second kappa shape index (κ2) is 7.21. The van der Waals surface area contributed by atoms with Gasteiger partial charge in [0.05, 0.1) is 4.90 Å². The molecule has 0 radical (unpaired) electrons. The number of nitrogens with one attached hydrogen (secondary N) is 2. The second-order valence-electron chi connectivity index (χ2n) is 6.43. The molecule has 0 aromatic heterocycles. The molecule has 0 atom stereocenters. The molecule has 0 saturated heterocycles. The van der Waals surface area contributed by atoms with Gasteiger partial charge in [0, 0.05) is 24.2 Å². The van der Waals surface area contributed by atoms with Crippen molar-refractivity contribution in [1.82, 2.24) is 14.9 Å². The van der Waals surface area contributed by atoms with Crippen molar-refractivity contribution in [1.29, 1.82) is 0 Å². The van der Waals surface area contributed by atoms with Gasteiger partial charge in [0.25, 0.3) is 5.91 Å². The zero-order chi connectivity index (χ0) is 17.0. The Morgan fingerprint density at radius 2 is 1.86 bits per heavy atom. The first-order chi connectivity index (χ1) is 10.0. The van der Waals surface area contributed by atoms with Gasteiger partial charge in [-0.1, -0.05) is 6.07 Å². The highest BCUT2D eigenvalue weighted by Crippen LogP contribution is 2.12. The largest absolute Gasteiger partial charge is 0.347 e. The van der Waals surface area contributed by atoms with Crippen molar-refractivity contribution in [3.63, 3.8) is 0 Å². The molecule has 1 rings (SSSR count). The summed E-state index contributed by atoms with van der Waals surface area (Å²) in [6, 6.07) is 6.03. The van der Waals surface area contributed by atoms with E-state index in [0.717, 1.165) is 0 Å². The number of carbonyl (C=O) groups excluding carboxylic acids is 1. The summed E-state index contributed by atoms with van der Waals surface area (Å²) >= 11 is 0. The number of sulfonamides is 1. The van der Waals surface area contributed by atoms with Crippen LogP contribution in [0.2, 0.25) is 0 Å². The molecule has 7 heteroatoms. The van der Waals surface area contributed by atoms with Crippen molar-refractivity contribution in [2.45, 2.75) is 31.2 Å². The zero-order valence-corrected chi connectivity index (χ0v) is 14.6. The predicted octanol–water partition coefficient (Wildman–Crippen LogP) is 1.05. The highest BCUT2D eigenvalue weighted by molar-refractivity contribution is 7.89. The summed E-state index contributed by atoms with van der Waals surface area (Å²) < 4.78 is 26.9. The molecular formula is C15H25N3O3S. The van der Waals surface area contributed by atoms with E-state index in [1.807, 2.05) is 39.8 Å². The lowest BCUT2D eigenvalue weighted by Crippen LogP contribution is -2.40. The third-order valence-electron chi connectivity index (χ3n) is 2.75. The van der Waals surface area contributed by atoms with Crippen LogP contribution in [-0.4, -0.2) is 51.9 Å². The van der Waals surface area contributed by atoms with Crippen molar-refractivity contribution in [2.24, 2.45) is 0 Å². The number of hydrogen-bond acceptors (Lipinski definition) is 4. The fourth-order valence-corrected chi connectivity index (χ4v) is 2.77. The monoisotopic (exact) mass is 327 g/mol. The first kappa shape index (κ1) is 18.6. The molecule has 1 amide bonds. The minimum absolute atomic E-state index is 0.0906. The maximum Gasteiger partial charge on any atom is 0.251 e. The van der Waals surface area contributed by atoms with E-state index in [-0.39, 0.29) is 16.3 Å². The van der Waals surface area contributed by atoms with Gasteiger partial charge in [0.2, 0.25) is 10.0 Å². The van der Waals surface area contributed by atoms with Gasteiger partial charge in [-0.15, -0.1) is 0 Å². The molecule has 0 aliphatic rings. The van der Waals surface area contributed by atoms with Crippen LogP contribution in [0, 0.1) is 0 Å². The van der Waals surface area contributed by atoms with Crippen molar-refractivity contribution in [3.8, 4) is 0 Å². The van der Waals surface area contributed by atoms with Crippen molar-refractivity contribution in [2.75, 3.05) is 27.2 Å². The molecule has 0 heterocycles. The Balaban J connectivity index is 2.89. The summed E-state index contributed by atoms with van der Waals surface area (Å²) in [6.07, 6.45) is 0. The Labute approximate surface area is 132 Å². The molecule has 0 aliphatic carbocycles. The van der Waals surface area contributed by atoms with Crippen molar-refractivity contribution < 1.29 is 13.2 Å². The fourth-order valence-electron chi connectivity index (χ4n) is 1.70. The van der Waals surface area contributed by atoms with Crippen LogP contribution in [0.4, 0.5) is 0 Å². The van der Waals surface area contributed by atoms with E-state index in [0.29, 0.717) is 18.7 Å². The maximum atomic E-state index is 12.2. The van der Waals surface area contributed by atoms with Gasteiger partial charge in [-0.25, -0.2) is 13.1 Å². The number of carbonyl (C=O) groups is 1. The highest BCUT2D eigenvalue weighted by Gasteiger charge is 2.18. The number of benzene rings is 1. The van der Waals surface area contributed by atoms with Gasteiger partial charge in [0.1, 0.15) is 0 Å². The standard InChI is InChI=1S/C15H25N3O3S/c1-15(2,3)17-14(19)12-7-6-8-13(11-12)22(20,21)16-9-10-18(4)5/h6-8,11,16H,9-10H2,1-5H3,(H,17,19). The van der Waals surface area contributed by atoms with E-state index >= 15 is 0 Å². The summed E-state index contributed by atoms with van der Waals surface area (Å²) in [5.41, 5.74) is -0.0546. The van der Waals surface area contributed by atoms with Gasteiger partial charge >= 0.3 is 0 Å². The molecule has 22 heavy (non-hydrogen) atoms. The average molecular weight is 327 g/mol. The SMILES string of the molecule is CN(C)CCNS(=O)(=O)c1cccc(C(=O)NC(C)(C)C)c1. The number of amides is 1. The van der Waals surface area contributed by atoms with Gasteiger partial charge < -0.3 is 10.2 Å². The molecule has 0 unspecified atom stereocenters. The Kier molecular flexibility index (Phi) is 6.10. The zero-order valence-electron chi connectivity index (χ0n) is 13.8. The van der Waals surface area contributed by atoms with E-state index in [2.05, 4.69) is 10.0 Å². The van der Waals surface area contributed by atoms with Crippen LogP contribution in [0.3, 0.4) is 0 Å². The average Bonchev–Trinajstić information content (AvgIpc) is 2.36. The maximum absolute atomic E-state index is 12.2. The smallest absolute Gasteiger partial charge is 0.251 e. The second-order valence-corrected chi connectivity index (χ2v) is 8.20. The molecule has 124 valence electrons. The van der Waals surface area contributed by atoms with Gasteiger partial charge in [0.15, 0.2) is 0 Å². The first-order valence-corrected chi connectivity index (χ1v) is 8.56. The van der Waals surface area contributed by atoms with Crippen LogP contribution in [0.25, 0.3) is 0 Å². The number of hydrogen-bond donors (Lipinski definition) is 2. The normalized spacial score (nSPS) is 12.5. The lowest BCUT2D eigenvalue weighted by molar-refractivity contribution is 0.0919. The molecule has 0 fully saturated rings. The van der Waals surface area contributed by atoms with Crippen LogP contribution in [0.1, 0.15) is 31.1 Å². The van der Waals surface area contributed by atoms with E-state index < -0.39 is 10.0 Å². The topological polar surface area (TPSA) is 78.5 Å². The third kappa shape index (κ3) is 6.13. The van der Waals surface area contributed by atoms with Gasteiger partial charge in [-0.05, 0) is 53.1 Å². The molecular weight excluding hydrogens is 302 g/mol. The lowest BCUT2D eigenvalue weighted by atomic mass is 10.1. The van der Waals surface area contributed by atoms with Crippen LogP contribution < -0.4 is 10.0 Å². The molecule has 0 saturated carbocycles. The molecule has 0 spiro atoms. The molecule has 2 N–H and O–H groups in total. The van der Waals surface area contributed by atoms with Crippen LogP contribution in [0.5, 0.6) is 0 Å². The minimum Gasteiger partial charge on any atom is -0.347 e. The molecule has 6 nitrogen and oxygen atoms in total. The van der Waals surface area contributed by atoms with Crippen LogP contribution in [-0.2, 0) is 10.0 Å². The summed E-state index contributed by atoms with van der Waals surface area (Å²) in [7, 11) is 0.121. The fraction of sp³-hybridized carbons (Fsp3) is 0.533. The predicted molar refractivity (Wildman–Crippen MR) is 87.4 cm³/mol. The van der Waals surface area contributed by atoms with E-state index in [1.54, 1.807) is 12.1 Å². The van der Waals surface area contributed by atoms with Crippen LogP contribution in [0.15, 0.2) is 29.2 Å². The summed E-state index contributed by atoms with van der Waals surface area (Å²) in [5, 5.41) is 2.81. The number of rotatable bonds is 6. The number of likely N-dealkylation sites (N-methyl/N-ethyl adjacent to an activating group) is 1. The summed E-state index contributed by atoms with van der Waals surface area (Å²) in [5.74, 6) is -0.294. The van der Waals surface area contributed by atoms with Crippen LogP contribution >= 0.6 is 0 Å². The summed E-state index contributed by atoms with van der Waals surface area (Å²) in [6.45, 7) is 6.52. The summed E-state index contributed by atoms with van der Waals surface area (Å²) in [4.78, 5) is 14.1. The molecule has 0 bridgehead atoms. The van der Waals surface area contributed by atoms with E-state index in [9.17, 15) is 13.2 Å². The quantitative estimate of drug-likeness (QED) is 0.819. The lowest BCUT2D eigenvalue weighted by Gasteiger charge is -2.20. The van der Waals surface area contributed by atoms with Gasteiger partial charge in [-0.2, -0.15) is 0 Å². The minimum atomic E-state index is -3.61. The Morgan fingerprint density at radius 1 is 1.23 bits per heavy atom. The Bertz CT molecular complexity index is 619. The highest BCUT2D eigenvalue weighted by atomic mass is 32.2. The van der Waals surface area contributed by atoms with Crippen molar-refractivity contribution in [3.05, 3.63) is 29.8 Å². The van der Waals surface area contributed by atoms with E-state index in [1.165, 1.54) is 12.1 Å². The van der Waals surface area contributed by atoms with Crippen molar-refractivity contribution >= 4 is 15.9 Å². The van der Waals surface area contributed by atoms with E-state index in [4.69, 9.17) is 0 Å². The third-order valence-corrected chi connectivity index (χ3v) is 4.20. The molecule has 0 aliphatic heterocycles. The number of nitrogens with zero attached hydrogens (tertiary/aromatic N) is 1.